The number of benzene rings is 2. The summed E-state index contributed by atoms with van der Waals surface area (Å²) in [7, 11) is 0. The quantitative estimate of drug-likeness (QED) is 0.738. The maximum Gasteiger partial charge on any atom is 0.233 e. The summed E-state index contributed by atoms with van der Waals surface area (Å²) in [5.74, 6) is 0.0766. The van der Waals surface area contributed by atoms with Gasteiger partial charge >= 0.3 is 0 Å². The Balaban J connectivity index is 1.62. The average molecular weight is 292 g/mol. The molecule has 1 heterocycles. The standard InChI is InChI=1S/C18H16N2O2/c21-18(12-16-15-8-4-5-9-17(15)22-19-16)20(14-10-11-14)13-6-2-1-3-7-13/h1-9,14H,10-12H2. The molecule has 3 aromatic rings. The fourth-order valence-corrected chi connectivity index (χ4v) is 2.77. The molecule has 1 fully saturated rings. The van der Waals surface area contributed by atoms with Crippen LogP contribution in [-0.2, 0) is 11.2 Å². The molecule has 1 amide bonds. The van der Waals surface area contributed by atoms with E-state index in [2.05, 4.69) is 5.16 Å². The number of amides is 1. The number of anilines is 1. The molecule has 1 aliphatic rings. The first-order chi connectivity index (χ1) is 10.8. The van der Waals surface area contributed by atoms with Gasteiger partial charge in [0, 0.05) is 17.1 Å². The first-order valence-corrected chi connectivity index (χ1v) is 7.53. The molecule has 0 bridgehead atoms. The summed E-state index contributed by atoms with van der Waals surface area (Å²) in [6, 6.07) is 17.8. The van der Waals surface area contributed by atoms with Crippen molar-refractivity contribution < 1.29 is 9.32 Å². The van der Waals surface area contributed by atoms with E-state index in [0.717, 1.165) is 29.5 Å². The smallest absolute Gasteiger partial charge is 0.233 e. The number of fused-ring (bicyclic) bond motifs is 1. The van der Waals surface area contributed by atoms with Gasteiger partial charge in [-0.1, -0.05) is 35.5 Å². The van der Waals surface area contributed by atoms with E-state index in [1.807, 2.05) is 59.5 Å². The van der Waals surface area contributed by atoms with E-state index in [1.165, 1.54) is 0 Å². The monoisotopic (exact) mass is 292 g/mol. The molecule has 110 valence electrons. The highest BCUT2D eigenvalue weighted by molar-refractivity contribution is 5.97. The van der Waals surface area contributed by atoms with Crippen LogP contribution >= 0.6 is 0 Å². The second-order valence-corrected chi connectivity index (χ2v) is 5.63. The molecule has 0 radical (unpaired) electrons. The lowest BCUT2D eigenvalue weighted by Gasteiger charge is -2.22. The van der Waals surface area contributed by atoms with Crippen LogP contribution in [0.2, 0.25) is 0 Å². The number of nitrogens with zero attached hydrogens (tertiary/aromatic N) is 2. The van der Waals surface area contributed by atoms with Gasteiger partial charge in [0.1, 0.15) is 5.69 Å². The van der Waals surface area contributed by atoms with Gasteiger partial charge in [-0.05, 0) is 37.1 Å². The molecule has 1 aliphatic carbocycles. The third kappa shape index (κ3) is 2.37. The van der Waals surface area contributed by atoms with Crippen molar-refractivity contribution in [3.05, 3.63) is 60.3 Å². The molecule has 0 atom stereocenters. The first kappa shape index (κ1) is 13.1. The van der Waals surface area contributed by atoms with Crippen molar-refractivity contribution >= 4 is 22.6 Å². The van der Waals surface area contributed by atoms with E-state index in [1.54, 1.807) is 0 Å². The minimum atomic E-state index is 0.0766. The van der Waals surface area contributed by atoms with Crippen molar-refractivity contribution in [2.75, 3.05) is 4.90 Å². The van der Waals surface area contributed by atoms with Gasteiger partial charge in [0.25, 0.3) is 0 Å². The molecule has 4 rings (SSSR count). The van der Waals surface area contributed by atoms with E-state index in [-0.39, 0.29) is 12.3 Å². The normalized spacial score (nSPS) is 14.2. The summed E-state index contributed by atoms with van der Waals surface area (Å²) in [5.41, 5.74) is 2.40. The van der Waals surface area contributed by atoms with E-state index >= 15 is 0 Å². The molecule has 0 aliphatic heterocycles. The van der Waals surface area contributed by atoms with Gasteiger partial charge in [-0.2, -0.15) is 0 Å². The maximum atomic E-state index is 12.8. The zero-order valence-corrected chi connectivity index (χ0v) is 12.1. The number of aromatic nitrogens is 1. The fraction of sp³-hybridized carbons (Fsp3) is 0.222. The van der Waals surface area contributed by atoms with Crippen LogP contribution in [0.5, 0.6) is 0 Å². The van der Waals surface area contributed by atoms with Crippen molar-refractivity contribution in [2.24, 2.45) is 0 Å². The van der Waals surface area contributed by atoms with Gasteiger partial charge in [0.15, 0.2) is 5.58 Å². The Morgan fingerprint density at radius 1 is 1.09 bits per heavy atom. The van der Waals surface area contributed by atoms with E-state index in [9.17, 15) is 4.79 Å². The zero-order valence-electron chi connectivity index (χ0n) is 12.1. The van der Waals surface area contributed by atoms with Crippen LogP contribution in [0.3, 0.4) is 0 Å². The number of hydrogen-bond donors (Lipinski definition) is 0. The SMILES string of the molecule is O=C(Cc1noc2ccccc12)N(c1ccccc1)C1CC1. The molecular weight excluding hydrogens is 276 g/mol. The summed E-state index contributed by atoms with van der Waals surface area (Å²) < 4.78 is 5.29. The van der Waals surface area contributed by atoms with Gasteiger partial charge < -0.3 is 9.42 Å². The molecule has 22 heavy (non-hydrogen) atoms. The first-order valence-electron chi connectivity index (χ1n) is 7.53. The Hall–Kier alpha value is -2.62. The van der Waals surface area contributed by atoms with Crippen molar-refractivity contribution in [1.82, 2.24) is 5.16 Å². The number of rotatable bonds is 4. The highest BCUT2D eigenvalue weighted by atomic mass is 16.5. The molecule has 2 aromatic carbocycles. The molecule has 0 saturated heterocycles. The molecule has 1 saturated carbocycles. The van der Waals surface area contributed by atoms with E-state index in [0.29, 0.717) is 11.7 Å². The second kappa shape index (κ2) is 5.30. The zero-order chi connectivity index (χ0) is 14.9. The molecule has 0 spiro atoms. The van der Waals surface area contributed by atoms with Crippen LogP contribution in [-0.4, -0.2) is 17.1 Å². The number of carbonyl (C=O) groups excluding carboxylic acids is 1. The molecule has 0 N–H and O–H groups in total. The predicted octanol–water partition coefficient (Wildman–Crippen LogP) is 3.57. The number of hydrogen-bond acceptors (Lipinski definition) is 3. The minimum Gasteiger partial charge on any atom is -0.356 e. The topological polar surface area (TPSA) is 46.3 Å². The van der Waals surface area contributed by atoms with Crippen LogP contribution in [0.4, 0.5) is 5.69 Å². The lowest BCUT2D eigenvalue weighted by Crippen LogP contribution is -2.34. The van der Waals surface area contributed by atoms with Gasteiger partial charge in [-0.15, -0.1) is 0 Å². The molecule has 0 unspecified atom stereocenters. The maximum absolute atomic E-state index is 12.8. The largest absolute Gasteiger partial charge is 0.356 e. The Kier molecular flexibility index (Phi) is 3.15. The third-order valence-electron chi connectivity index (χ3n) is 3.99. The van der Waals surface area contributed by atoms with Crippen molar-refractivity contribution in [3.8, 4) is 0 Å². The summed E-state index contributed by atoms with van der Waals surface area (Å²) in [4.78, 5) is 14.7. The van der Waals surface area contributed by atoms with Gasteiger partial charge in [0.05, 0.1) is 6.42 Å². The highest BCUT2D eigenvalue weighted by Crippen LogP contribution is 2.32. The van der Waals surface area contributed by atoms with Gasteiger partial charge in [-0.25, -0.2) is 0 Å². The minimum absolute atomic E-state index is 0.0766. The van der Waals surface area contributed by atoms with Crippen LogP contribution in [0.15, 0.2) is 59.1 Å². The van der Waals surface area contributed by atoms with E-state index < -0.39 is 0 Å². The van der Waals surface area contributed by atoms with Crippen LogP contribution < -0.4 is 4.90 Å². The van der Waals surface area contributed by atoms with Gasteiger partial charge in [-0.3, -0.25) is 4.79 Å². The Labute approximate surface area is 128 Å². The summed E-state index contributed by atoms with van der Waals surface area (Å²) >= 11 is 0. The lowest BCUT2D eigenvalue weighted by atomic mass is 10.1. The van der Waals surface area contributed by atoms with Gasteiger partial charge in [0.2, 0.25) is 5.91 Å². The summed E-state index contributed by atoms with van der Waals surface area (Å²) in [6.45, 7) is 0. The van der Waals surface area contributed by atoms with Crippen molar-refractivity contribution in [2.45, 2.75) is 25.3 Å². The van der Waals surface area contributed by atoms with E-state index in [4.69, 9.17) is 4.52 Å². The van der Waals surface area contributed by atoms with Crippen molar-refractivity contribution in [1.29, 1.82) is 0 Å². The average Bonchev–Trinajstić information content (AvgIpc) is 3.30. The molecule has 4 heteroatoms. The third-order valence-corrected chi connectivity index (χ3v) is 3.99. The molecular formula is C18H16N2O2. The second-order valence-electron chi connectivity index (χ2n) is 5.63. The summed E-state index contributed by atoms with van der Waals surface area (Å²) in [5, 5.41) is 4.98. The lowest BCUT2D eigenvalue weighted by molar-refractivity contribution is -0.118. The van der Waals surface area contributed by atoms with Crippen molar-refractivity contribution in [3.63, 3.8) is 0 Å². The highest BCUT2D eigenvalue weighted by Gasteiger charge is 2.34. The van der Waals surface area contributed by atoms with Crippen LogP contribution in [0.25, 0.3) is 11.0 Å². The predicted molar refractivity (Wildman–Crippen MR) is 84.7 cm³/mol. The Morgan fingerprint density at radius 2 is 1.82 bits per heavy atom. The molecule has 1 aromatic heterocycles. The number of para-hydroxylation sites is 2. The summed E-state index contributed by atoms with van der Waals surface area (Å²) in [6.07, 6.45) is 2.41. The molecule has 4 nitrogen and oxygen atoms in total. The number of carbonyl (C=O) groups is 1. The fourth-order valence-electron chi connectivity index (χ4n) is 2.77. The van der Waals surface area contributed by atoms with Crippen LogP contribution in [0, 0.1) is 0 Å². The Morgan fingerprint density at radius 3 is 2.59 bits per heavy atom. The van der Waals surface area contributed by atoms with Crippen LogP contribution in [0.1, 0.15) is 18.5 Å². The Bertz CT molecular complexity index is 806.